The van der Waals surface area contributed by atoms with Crippen LogP contribution in [0.4, 0.5) is 0 Å². The van der Waals surface area contributed by atoms with E-state index in [2.05, 4.69) is 18.4 Å². The van der Waals surface area contributed by atoms with Gasteiger partial charge >= 0.3 is 0 Å². The van der Waals surface area contributed by atoms with E-state index < -0.39 is 17.7 Å². The second-order valence-electron chi connectivity index (χ2n) is 10.1. The lowest BCUT2D eigenvalue weighted by molar-refractivity contribution is -0.140. The van der Waals surface area contributed by atoms with Crippen LogP contribution in [0.2, 0.25) is 0 Å². The maximum atomic E-state index is 13.4. The Kier molecular flexibility index (Phi) is 10.4. The second-order valence-corrected chi connectivity index (χ2v) is 10.1. The van der Waals surface area contributed by atoms with Gasteiger partial charge in [0.1, 0.15) is 23.9 Å². The molecule has 2 aromatic rings. The van der Waals surface area contributed by atoms with E-state index in [9.17, 15) is 14.7 Å². The van der Waals surface area contributed by atoms with E-state index >= 15 is 0 Å². The molecule has 0 radical (unpaired) electrons. The topological polar surface area (TPSA) is 88.5 Å². The quantitative estimate of drug-likeness (QED) is 0.125. The third-order valence-corrected chi connectivity index (χ3v) is 7.30. The first-order chi connectivity index (χ1) is 19.4. The molecule has 8 heteroatoms. The molecule has 2 fully saturated rings. The fraction of sp³-hybridized carbons (Fsp3) is 0.438. The average Bonchev–Trinajstić information content (AvgIpc) is 3.22. The maximum absolute atomic E-state index is 13.4. The third-order valence-electron chi connectivity index (χ3n) is 7.30. The number of nitrogens with zero attached hydrogens (tertiary/aromatic N) is 2. The smallest absolute Gasteiger partial charge is 0.295 e. The Morgan fingerprint density at radius 3 is 2.45 bits per heavy atom. The molecular formula is C32H40N2O6. The lowest BCUT2D eigenvalue weighted by Gasteiger charge is -2.29. The lowest BCUT2D eigenvalue weighted by atomic mass is 9.93. The van der Waals surface area contributed by atoms with Gasteiger partial charge in [-0.25, -0.2) is 0 Å². The maximum Gasteiger partial charge on any atom is 0.295 e. The molecule has 0 bridgehead atoms. The molecule has 0 spiro atoms. The number of hydrogen-bond donors (Lipinski definition) is 1. The summed E-state index contributed by atoms with van der Waals surface area (Å²) in [6, 6.07) is 12.0. The van der Waals surface area contributed by atoms with Crippen molar-refractivity contribution < 1.29 is 28.9 Å². The number of ether oxygens (including phenoxy) is 3. The molecule has 0 saturated carbocycles. The van der Waals surface area contributed by atoms with Gasteiger partial charge in [0, 0.05) is 31.7 Å². The zero-order valence-electron chi connectivity index (χ0n) is 23.6. The summed E-state index contributed by atoms with van der Waals surface area (Å²) in [5, 5.41) is 11.5. The number of aliphatic hydroxyl groups is 1. The first-order valence-electron chi connectivity index (χ1n) is 14.1. The van der Waals surface area contributed by atoms with Gasteiger partial charge < -0.3 is 24.2 Å². The minimum absolute atomic E-state index is 0.0962. The molecule has 1 atom stereocenters. The largest absolute Gasteiger partial charge is 0.507 e. The van der Waals surface area contributed by atoms with Crippen molar-refractivity contribution in [3.63, 3.8) is 0 Å². The van der Waals surface area contributed by atoms with Crippen LogP contribution in [-0.2, 0) is 14.3 Å². The van der Waals surface area contributed by atoms with Gasteiger partial charge in [0.15, 0.2) is 0 Å². The van der Waals surface area contributed by atoms with E-state index in [0.717, 1.165) is 43.6 Å². The molecule has 40 heavy (non-hydrogen) atoms. The van der Waals surface area contributed by atoms with Gasteiger partial charge in [0.05, 0.1) is 31.4 Å². The van der Waals surface area contributed by atoms with Crippen LogP contribution in [0.3, 0.4) is 0 Å². The number of carbonyl (C=O) groups excluding carboxylic acids is 2. The Morgan fingerprint density at radius 2 is 1.77 bits per heavy atom. The summed E-state index contributed by atoms with van der Waals surface area (Å²) in [6.45, 7) is 12.9. The van der Waals surface area contributed by atoms with Crippen molar-refractivity contribution in [2.75, 3.05) is 52.6 Å². The lowest BCUT2D eigenvalue weighted by Crippen LogP contribution is -2.38. The van der Waals surface area contributed by atoms with Gasteiger partial charge in [-0.1, -0.05) is 38.1 Å². The van der Waals surface area contributed by atoms with E-state index in [0.29, 0.717) is 56.5 Å². The summed E-state index contributed by atoms with van der Waals surface area (Å²) in [7, 11) is 0. The van der Waals surface area contributed by atoms with Crippen molar-refractivity contribution in [1.29, 1.82) is 0 Å². The van der Waals surface area contributed by atoms with Crippen LogP contribution in [0.25, 0.3) is 5.76 Å². The zero-order chi connectivity index (χ0) is 28.5. The van der Waals surface area contributed by atoms with Crippen molar-refractivity contribution in [3.8, 4) is 11.5 Å². The first-order valence-corrected chi connectivity index (χ1v) is 14.1. The van der Waals surface area contributed by atoms with Crippen LogP contribution in [0.1, 0.15) is 48.9 Å². The standard InChI is InChI=1S/C32H40N2O6/c1-4-6-19-40-26-12-13-27(23(3)22-26)30(35)28-29(24-8-10-25(11-9-24)39-18-5-2)34(32(37)31(28)36)15-7-14-33-16-20-38-21-17-33/h5,8-13,22,29,35H,2,4,6-7,14-21H2,1,3H3. The molecule has 4 rings (SSSR count). The van der Waals surface area contributed by atoms with E-state index in [4.69, 9.17) is 14.2 Å². The van der Waals surface area contributed by atoms with E-state index in [1.807, 2.05) is 25.1 Å². The Bertz CT molecular complexity index is 1220. The summed E-state index contributed by atoms with van der Waals surface area (Å²) in [4.78, 5) is 30.7. The fourth-order valence-electron chi connectivity index (χ4n) is 5.12. The summed E-state index contributed by atoms with van der Waals surface area (Å²) in [5.74, 6) is -0.0926. The van der Waals surface area contributed by atoms with Crippen LogP contribution in [0, 0.1) is 6.92 Å². The minimum Gasteiger partial charge on any atom is -0.507 e. The average molecular weight is 549 g/mol. The molecule has 1 unspecified atom stereocenters. The normalized spacial score (nSPS) is 19.1. The number of Topliss-reactive ketones (excluding diaryl/α,β-unsaturated/α-hetero) is 1. The highest BCUT2D eigenvalue weighted by Crippen LogP contribution is 2.40. The molecule has 2 aliphatic heterocycles. The number of hydrogen-bond acceptors (Lipinski definition) is 7. The van der Waals surface area contributed by atoms with Gasteiger partial charge in [0.25, 0.3) is 11.7 Å². The predicted molar refractivity (Wildman–Crippen MR) is 155 cm³/mol. The van der Waals surface area contributed by atoms with Crippen LogP contribution < -0.4 is 9.47 Å². The Balaban J connectivity index is 1.65. The molecule has 1 N–H and O–H groups in total. The van der Waals surface area contributed by atoms with Gasteiger partial charge in [-0.15, -0.1) is 0 Å². The molecule has 2 aliphatic rings. The molecule has 214 valence electrons. The number of likely N-dealkylation sites (tertiary alicyclic amines) is 1. The monoisotopic (exact) mass is 548 g/mol. The molecular weight excluding hydrogens is 508 g/mol. The molecule has 1 amide bonds. The Morgan fingerprint density at radius 1 is 1.05 bits per heavy atom. The van der Waals surface area contributed by atoms with Crippen molar-refractivity contribution in [2.45, 2.75) is 39.2 Å². The third kappa shape index (κ3) is 6.92. The van der Waals surface area contributed by atoms with Crippen molar-refractivity contribution >= 4 is 17.4 Å². The molecule has 2 heterocycles. The number of amides is 1. The zero-order valence-corrected chi connectivity index (χ0v) is 23.6. The highest BCUT2D eigenvalue weighted by atomic mass is 16.5. The number of rotatable bonds is 13. The van der Waals surface area contributed by atoms with Crippen LogP contribution >= 0.6 is 0 Å². The molecule has 0 aromatic heterocycles. The number of benzene rings is 2. The number of unbranched alkanes of at least 4 members (excludes halogenated alkanes) is 1. The molecule has 2 saturated heterocycles. The van der Waals surface area contributed by atoms with E-state index in [1.54, 1.807) is 35.2 Å². The fourth-order valence-corrected chi connectivity index (χ4v) is 5.12. The van der Waals surface area contributed by atoms with Crippen LogP contribution in [0.15, 0.2) is 60.7 Å². The SMILES string of the molecule is C=CCOc1ccc(C2C(=C(O)c3ccc(OCCCC)cc3C)C(=O)C(=O)N2CCCN2CCOCC2)cc1. The van der Waals surface area contributed by atoms with Crippen molar-refractivity contribution in [1.82, 2.24) is 9.80 Å². The number of aryl methyl sites for hydroxylation is 1. The summed E-state index contributed by atoms with van der Waals surface area (Å²) in [6.07, 6.45) is 4.35. The Hall–Kier alpha value is -3.62. The highest BCUT2D eigenvalue weighted by Gasteiger charge is 2.46. The van der Waals surface area contributed by atoms with Gasteiger partial charge in [-0.3, -0.25) is 14.5 Å². The molecule has 8 nitrogen and oxygen atoms in total. The number of aliphatic hydroxyl groups excluding tert-OH is 1. The summed E-state index contributed by atoms with van der Waals surface area (Å²) in [5.41, 5.74) is 2.09. The minimum atomic E-state index is -0.710. The number of carbonyl (C=O) groups is 2. The van der Waals surface area contributed by atoms with Crippen LogP contribution in [0.5, 0.6) is 11.5 Å². The summed E-state index contributed by atoms with van der Waals surface area (Å²) >= 11 is 0. The number of ketones is 1. The first kappa shape index (κ1) is 29.4. The summed E-state index contributed by atoms with van der Waals surface area (Å²) < 4.78 is 16.9. The predicted octanol–water partition coefficient (Wildman–Crippen LogP) is 4.88. The van der Waals surface area contributed by atoms with E-state index in [-0.39, 0.29) is 11.3 Å². The molecule has 0 aliphatic carbocycles. The van der Waals surface area contributed by atoms with Crippen molar-refractivity contribution in [2.24, 2.45) is 0 Å². The number of morpholine rings is 1. The molecule has 2 aromatic carbocycles. The Labute approximate surface area is 236 Å². The van der Waals surface area contributed by atoms with E-state index in [1.165, 1.54) is 0 Å². The second kappa shape index (κ2) is 14.1. The van der Waals surface area contributed by atoms with Gasteiger partial charge in [0.2, 0.25) is 0 Å². The highest BCUT2D eigenvalue weighted by molar-refractivity contribution is 6.46. The van der Waals surface area contributed by atoms with Gasteiger partial charge in [-0.2, -0.15) is 0 Å². The van der Waals surface area contributed by atoms with Crippen LogP contribution in [-0.4, -0.2) is 79.2 Å². The van der Waals surface area contributed by atoms with Crippen molar-refractivity contribution in [3.05, 3.63) is 77.4 Å². The van der Waals surface area contributed by atoms with Gasteiger partial charge in [-0.05, 0) is 61.2 Å².